The Morgan fingerprint density at radius 1 is 1.67 bits per heavy atom. The molecule has 0 saturated heterocycles. The molecule has 0 aliphatic rings. The Labute approximate surface area is 56.8 Å². The summed E-state index contributed by atoms with van der Waals surface area (Å²) in [4.78, 5) is 0. The summed E-state index contributed by atoms with van der Waals surface area (Å²) in [5.74, 6) is 0. The SMILES string of the molecule is CC[CH]COCC(C)O. The zero-order valence-corrected chi connectivity index (χ0v) is 6.13. The van der Waals surface area contributed by atoms with Crippen LogP contribution in [0, 0.1) is 6.42 Å². The molecule has 0 spiro atoms. The minimum absolute atomic E-state index is 0.338. The van der Waals surface area contributed by atoms with Crippen molar-refractivity contribution in [1.29, 1.82) is 0 Å². The van der Waals surface area contributed by atoms with Crippen molar-refractivity contribution in [1.82, 2.24) is 0 Å². The Balaban J connectivity index is 2.75. The second kappa shape index (κ2) is 6.05. The van der Waals surface area contributed by atoms with Crippen LogP contribution in [0.25, 0.3) is 0 Å². The molecule has 55 valence electrons. The number of hydrogen-bond acceptors (Lipinski definition) is 2. The maximum atomic E-state index is 8.71. The molecule has 0 saturated carbocycles. The molecular formula is C7H15O2. The van der Waals surface area contributed by atoms with E-state index < -0.39 is 0 Å². The van der Waals surface area contributed by atoms with E-state index in [1.165, 1.54) is 0 Å². The molecule has 0 amide bonds. The monoisotopic (exact) mass is 131 g/mol. The van der Waals surface area contributed by atoms with Crippen molar-refractivity contribution >= 4 is 0 Å². The molecule has 0 aliphatic carbocycles. The van der Waals surface area contributed by atoms with Crippen molar-refractivity contribution in [3.8, 4) is 0 Å². The predicted molar refractivity (Wildman–Crippen MR) is 37.1 cm³/mol. The molecule has 2 heteroatoms. The first-order valence-electron chi connectivity index (χ1n) is 3.34. The van der Waals surface area contributed by atoms with Crippen LogP contribution in [0.4, 0.5) is 0 Å². The second-order valence-electron chi connectivity index (χ2n) is 2.08. The molecule has 2 nitrogen and oxygen atoms in total. The highest BCUT2D eigenvalue weighted by Gasteiger charge is 1.92. The van der Waals surface area contributed by atoms with Crippen molar-refractivity contribution in [2.24, 2.45) is 0 Å². The van der Waals surface area contributed by atoms with Gasteiger partial charge in [-0.3, -0.25) is 0 Å². The zero-order chi connectivity index (χ0) is 7.11. The van der Waals surface area contributed by atoms with Gasteiger partial charge in [-0.25, -0.2) is 0 Å². The molecule has 1 N–H and O–H groups in total. The van der Waals surface area contributed by atoms with E-state index in [4.69, 9.17) is 9.84 Å². The van der Waals surface area contributed by atoms with Gasteiger partial charge >= 0.3 is 0 Å². The first kappa shape index (κ1) is 8.92. The maximum Gasteiger partial charge on any atom is 0.0745 e. The molecule has 0 heterocycles. The normalized spacial score (nSPS) is 13.7. The van der Waals surface area contributed by atoms with E-state index in [0.29, 0.717) is 13.2 Å². The van der Waals surface area contributed by atoms with Crippen LogP contribution >= 0.6 is 0 Å². The van der Waals surface area contributed by atoms with Gasteiger partial charge in [0.05, 0.1) is 12.7 Å². The molecule has 0 aromatic rings. The molecule has 9 heavy (non-hydrogen) atoms. The Bertz CT molecular complexity index is 52.9. The Morgan fingerprint density at radius 2 is 2.33 bits per heavy atom. The fraction of sp³-hybridized carbons (Fsp3) is 0.857. The highest BCUT2D eigenvalue weighted by Crippen LogP contribution is 1.87. The predicted octanol–water partition coefficient (Wildman–Crippen LogP) is 0.998. The Morgan fingerprint density at radius 3 is 2.78 bits per heavy atom. The number of unbranched alkanes of at least 4 members (excludes halogenated alkanes) is 1. The maximum absolute atomic E-state index is 8.71. The van der Waals surface area contributed by atoms with E-state index in [0.717, 1.165) is 6.42 Å². The number of rotatable bonds is 5. The summed E-state index contributed by atoms with van der Waals surface area (Å²) in [5, 5.41) is 8.71. The van der Waals surface area contributed by atoms with Crippen LogP contribution in [-0.4, -0.2) is 24.4 Å². The van der Waals surface area contributed by atoms with Gasteiger partial charge in [-0.05, 0) is 13.3 Å². The fourth-order valence-corrected chi connectivity index (χ4v) is 0.440. The van der Waals surface area contributed by atoms with Gasteiger partial charge in [0.15, 0.2) is 0 Å². The summed E-state index contributed by atoms with van der Waals surface area (Å²) in [6.45, 7) is 4.87. The van der Waals surface area contributed by atoms with Gasteiger partial charge in [-0.1, -0.05) is 13.3 Å². The molecular weight excluding hydrogens is 116 g/mol. The smallest absolute Gasteiger partial charge is 0.0745 e. The van der Waals surface area contributed by atoms with Gasteiger partial charge in [0.1, 0.15) is 0 Å². The van der Waals surface area contributed by atoms with Crippen molar-refractivity contribution in [3.05, 3.63) is 6.42 Å². The summed E-state index contributed by atoms with van der Waals surface area (Å²) >= 11 is 0. The van der Waals surface area contributed by atoms with E-state index >= 15 is 0 Å². The third kappa shape index (κ3) is 7.92. The van der Waals surface area contributed by atoms with E-state index in [2.05, 4.69) is 6.92 Å². The minimum atomic E-state index is -0.338. The van der Waals surface area contributed by atoms with Crippen molar-refractivity contribution < 1.29 is 9.84 Å². The molecule has 0 aromatic carbocycles. The van der Waals surface area contributed by atoms with E-state index in [9.17, 15) is 0 Å². The van der Waals surface area contributed by atoms with E-state index in [1.54, 1.807) is 6.92 Å². The first-order chi connectivity index (χ1) is 4.27. The molecule has 0 rings (SSSR count). The lowest BCUT2D eigenvalue weighted by Crippen LogP contribution is -2.10. The van der Waals surface area contributed by atoms with Crippen LogP contribution < -0.4 is 0 Å². The van der Waals surface area contributed by atoms with Gasteiger partial charge in [0.2, 0.25) is 0 Å². The number of hydrogen-bond donors (Lipinski definition) is 1. The van der Waals surface area contributed by atoms with Crippen molar-refractivity contribution in [2.45, 2.75) is 26.4 Å². The molecule has 0 aromatic heterocycles. The first-order valence-corrected chi connectivity index (χ1v) is 3.34. The van der Waals surface area contributed by atoms with Crippen LogP contribution in [-0.2, 0) is 4.74 Å². The Hall–Kier alpha value is -0.0800. The summed E-state index contributed by atoms with van der Waals surface area (Å²) in [5.41, 5.74) is 0. The van der Waals surface area contributed by atoms with Gasteiger partial charge in [0, 0.05) is 6.61 Å². The minimum Gasteiger partial charge on any atom is -0.391 e. The molecule has 1 atom stereocenters. The third-order valence-corrected chi connectivity index (χ3v) is 0.883. The van der Waals surface area contributed by atoms with Crippen molar-refractivity contribution in [3.63, 3.8) is 0 Å². The lowest BCUT2D eigenvalue weighted by molar-refractivity contribution is 0.0554. The second-order valence-corrected chi connectivity index (χ2v) is 2.08. The molecule has 0 bridgehead atoms. The van der Waals surface area contributed by atoms with Gasteiger partial charge in [-0.2, -0.15) is 0 Å². The topological polar surface area (TPSA) is 29.5 Å². The lowest BCUT2D eigenvalue weighted by atomic mass is 10.4. The van der Waals surface area contributed by atoms with Gasteiger partial charge in [0.25, 0.3) is 0 Å². The third-order valence-electron chi connectivity index (χ3n) is 0.883. The number of ether oxygens (including phenoxy) is 1. The summed E-state index contributed by atoms with van der Waals surface area (Å²) in [6, 6.07) is 0. The summed E-state index contributed by atoms with van der Waals surface area (Å²) in [6.07, 6.45) is 2.72. The molecule has 0 aliphatic heterocycles. The van der Waals surface area contributed by atoms with Crippen LogP contribution in [0.3, 0.4) is 0 Å². The van der Waals surface area contributed by atoms with E-state index in [1.807, 2.05) is 6.42 Å². The standard InChI is InChI=1S/C7H15O2/c1-3-4-5-9-6-7(2)8/h4,7-8H,3,5-6H2,1-2H3. The largest absolute Gasteiger partial charge is 0.391 e. The Kier molecular flexibility index (Phi) is 5.99. The fourth-order valence-electron chi connectivity index (χ4n) is 0.440. The highest BCUT2D eigenvalue weighted by atomic mass is 16.5. The van der Waals surface area contributed by atoms with Crippen LogP contribution in [0.1, 0.15) is 20.3 Å². The van der Waals surface area contributed by atoms with Crippen LogP contribution in [0.15, 0.2) is 0 Å². The number of aliphatic hydroxyl groups excluding tert-OH is 1. The molecule has 0 fully saturated rings. The average Bonchev–Trinajstić information content (AvgIpc) is 1.80. The summed E-state index contributed by atoms with van der Waals surface area (Å²) < 4.78 is 5.03. The van der Waals surface area contributed by atoms with Gasteiger partial charge < -0.3 is 9.84 Å². The number of aliphatic hydroxyl groups is 1. The van der Waals surface area contributed by atoms with Crippen LogP contribution in [0.5, 0.6) is 0 Å². The van der Waals surface area contributed by atoms with Crippen LogP contribution in [0.2, 0.25) is 0 Å². The lowest BCUT2D eigenvalue weighted by Gasteiger charge is -2.03. The molecule has 1 radical (unpaired) electrons. The quantitative estimate of drug-likeness (QED) is 0.564. The summed E-state index contributed by atoms with van der Waals surface area (Å²) in [7, 11) is 0. The van der Waals surface area contributed by atoms with Crippen molar-refractivity contribution in [2.75, 3.05) is 13.2 Å². The molecule has 1 unspecified atom stereocenters. The average molecular weight is 131 g/mol. The van der Waals surface area contributed by atoms with Gasteiger partial charge in [-0.15, -0.1) is 0 Å². The highest BCUT2D eigenvalue weighted by molar-refractivity contribution is 4.58. The van der Waals surface area contributed by atoms with E-state index in [-0.39, 0.29) is 6.10 Å². The zero-order valence-electron chi connectivity index (χ0n) is 6.13.